The van der Waals surface area contributed by atoms with Gasteiger partial charge in [-0.05, 0) is 31.6 Å². The van der Waals surface area contributed by atoms with Gasteiger partial charge in [-0.2, -0.15) is 0 Å². The van der Waals surface area contributed by atoms with Crippen LogP contribution in [0.25, 0.3) is 0 Å². The number of methoxy groups -OCH3 is 1. The molecule has 1 saturated carbocycles. The van der Waals surface area contributed by atoms with E-state index in [1.807, 2.05) is 0 Å². The maximum Gasteiger partial charge on any atom is 0.139 e. The van der Waals surface area contributed by atoms with Gasteiger partial charge in [0.05, 0.1) is 0 Å². The largest absolute Gasteiger partial charge is 0.409 e. The highest BCUT2D eigenvalue weighted by atomic mass is 16.5. The fourth-order valence-corrected chi connectivity index (χ4v) is 1.80. The van der Waals surface area contributed by atoms with Gasteiger partial charge in [0.1, 0.15) is 5.84 Å². The summed E-state index contributed by atoms with van der Waals surface area (Å²) in [5, 5.41) is 15.1. The van der Waals surface area contributed by atoms with Gasteiger partial charge < -0.3 is 21.0 Å². The summed E-state index contributed by atoms with van der Waals surface area (Å²) in [6.07, 6.45) is 4.02. The minimum atomic E-state index is 0.234. The predicted octanol–water partition coefficient (Wildman–Crippen LogP) is 0.918. The van der Waals surface area contributed by atoms with Crippen molar-refractivity contribution in [1.82, 2.24) is 5.32 Å². The molecule has 1 unspecified atom stereocenters. The van der Waals surface area contributed by atoms with Crippen molar-refractivity contribution in [3.05, 3.63) is 0 Å². The van der Waals surface area contributed by atoms with E-state index in [0.717, 1.165) is 32.4 Å². The van der Waals surface area contributed by atoms with Gasteiger partial charge in [0.15, 0.2) is 0 Å². The molecule has 5 heteroatoms. The Kier molecular flexibility index (Phi) is 5.02. The molecule has 94 valence electrons. The molecule has 16 heavy (non-hydrogen) atoms. The number of nitrogens with one attached hydrogen (secondary N) is 1. The van der Waals surface area contributed by atoms with Crippen LogP contribution in [-0.2, 0) is 4.74 Å². The van der Waals surface area contributed by atoms with Gasteiger partial charge in [0.25, 0.3) is 0 Å². The third-order valence-corrected chi connectivity index (χ3v) is 3.22. The highest BCUT2D eigenvalue weighted by Crippen LogP contribution is 2.48. The molecule has 0 radical (unpaired) electrons. The van der Waals surface area contributed by atoms with E-state index >= 15 is 0 Å². The molecule has 1 rings (SSSR count). The summed E-state index contributed by atoms with van der Waals surface area (Å²) in [6, 6.07) is 0.449. The van der Waals surface area contributed by atoms with E-state index in [1.54, 1.807) is 7.11 Å². The van der Waals surface area contributed by atoms with Gasteiger partial charge in [0.2, 0.25) is 0 Å². The van der Waals surface area contributed by atoms with E-state index in [-0.39, 0.29) is 5.41 Å². The van der Waals surface area contributed by atoms with Crippen molar-refractivity contribution in [3.8, 4) is 0 Å². The molecule has 5 nitrogen and oxygen atoms in total. The lowest BCUT2D eigenvalue weighted by Gasteiger charge is -2.19. The number of nitrogens with zero attached hydrogens (tertiary/aromatic N) is 1. The van der Waals surface area contributed by atoms with Gasteiger partial charge in [-0.25, -0.2) is 0 Å². The topological polar surface area (TPSA) is 79.9 Å². The summed E-state index contributed by atoms with van der Waals surface area (Å²) in [6.45, 7) is 3.87. The second kappa shape index (κ2) is 6.06. The first kappa shape index (κ1) is 13.3. The summed E-state index contributed by atoms with van der Waals surface area (Å²) in [5.41, 5.74) is 5.77. The van der Waals surface area contributed by atoms with Gasteiger partial charge in [-0.3, -0.25) is 0 Å². The number of hydrogen-bond donors (Lipinski definition) is 3. The minimum Gasteiger partial charge on any atom is -0.409 e. The number of nitrogens with two attached hydrogens (primary N) is 1. The van der Waals surface area contributed by atoms with E-state index in [0.29, 0.717) is 18.3 Å². The normalized spacial score (nSPS) is 20.8. The molecule has 1 aliphatic carbocycles. The molecule has 0 aromatic heterocycles. The van der Waals surface area contributed by atoms with E-state index in [9.17, 15) is 0 Å². The molecule has 1 atom stereocenters. The van der Waals surface area contributed by atoms with Gasteiger partial charge in [0, 0.05) is 32.7 Å². The zero-order valence-corrected chi connectivity index (χ0v) is 10.2. The van der Waals surface area contributed by atoms with E-state index in [1.165, 1.54) is 0 Å². The highest BCUT2D eigenvalue weighted by Gasteiger charge is 2.43. The SMILES string of the molecule is COCCC(C)NCC1(CC(N)=NO)CC1. The first-order chi connectivity index (χ1) is 7.62. The Hall–Kier alpha value is -0.810. The van der Waals surface area contributed by atoms with Crippen LogP contribution in [0.1, 0.15) is 32.6 Å². The zero-order valence-electron chi connectivity index (χ0n) is 10.2. The van der Waals surface area contributed by atoms with Crippen molar-refractivity contribution < 1.29 is 9.94 Å². The van der Waals surface area contributed by atoms with Crippen LogP contribution >= 0.6 is 0 Å². The van der Waals surface area contributed by atoms with Crippen molar-refractivity contribution in [2.24, 2.45) is 16.3 Å². The standard InChI is InChI=1S/C11H23N3O2/c1-9(3-6-16-2)13-8-11(4-5-11)7-10(12)14-15/h9,13,15H,3-8H2,1-2H3,(H2,12,14). The van der Waals surface area contributed by atoms with Gasteiger partial charge in [-0.15, -0.1) is 0 Å². The fourth-order valence-electron chi connectivity index (χ4n) is 1.80. The number of hydrogen-bond acceptors (Lipinski definition) is 4. The second-order valence-corrected chi connectivity index (χ2v) is 4.83. The Morgan fingerprint density at radius 2 is 2.31 bits per heavy atom. The van der Waals surface area contributed by atoms with E-state index < -0.39 is 0 Å². The average Bonchev–Trinajstić information content (AvgIpc) is 3.04. The van der Waals surface area contributed by atoms with Crippen LogP contribution in [0.5, 0.6) is 0 Å². The summed E-state index contributed by atoms with van der Waals surface area (Å²) in [4.78, 5) is 0. The molecule has 1 fully saturated rings. The molecule has 4 N–H and O–H groups in total. The molecule has 0 amide bonds. The van der Waals surface area contributed by atoms with E-state index in [4.69, 9.17) is 15.7 Å². The maximum absolute atomic E-state index is 8.55. The van der Waals surface area contributed by atoms with Gasteiger partial charge >= 0.3 is 0 Å². The first-order valence-corrected chi connectivity index (χ1v) is 5.80. The number of rotatable bonds is 8. The Balaban J connectivity index is 2.21. The molecular weight excluding hydrogens is 206 g/mol. The van der Waals surface area contributed by atoms with Crippen molar-refractivity contribution in [2.75, 3.05) is 20.3 Å². The summed E-state index contributed by atoms with van der Waals surface area (Å²) in [5.74, 6) is 0.337. The van der Waals surface area contributed by atoms with Crippen molar-refractivity contribution in [3.63, 3.8) is 0 Å². The Labute approximate surface area is 97.0 Å². The third kappa shape index (κ3) is 4.37. The smallest absolute Gasteiger partial charge is 0.139 e. The first-order valence-electron chi connectivity index (χ1n) is 5.80. The van der Waals surface area contributed by atoms with Crippen LogP contribution in [0.4, 0.5) is 0 Å². The van der Waals surface area contributed by atoms with Crippen LogP contribution in [0.15, 0.2) is 5.16 Å². The molecule has 0 aromatic carbocycles. The molecule has 0 saturated heterocycles. The molecule has 0 aliphatic heterocycles. The Morgan fingerprint density at radius 1 is 1.62 bits per heavy atom. The van der Waals surface area contributed by atoms with Crippen molar-refractivity contribution in [1.29, 1.82) is 0 Å². The summed E-state index contributed by atoms with van der Waals surface area (Å²) >= 11 is 0. The summed E-state index contributed by atoms with van der Waals surface area (Å²) in [7, 11) is 1.72. The van der Waals surface area contributed by atoms with Crippen LogP contribution < -0.4 is 11.1 Å². The number of oxime groups is 1. The Bertz CT molecular complexity index is 239. The number of amidine groups is 1. The van der Waals surface area contributed by atoms with Gasteiger partial charge in [-0.1, -0.05) is 5.16 Å². The van der Waals surface area contributed by atoms with Crippen molar-refractivity contribution >= 4 is 5.84 Å². The highest BCUT2D eigenvalue weighted by molar-refractivity contribution is 5.80. The lowest BCUT2D eigenvalue weighted by molar-refractivity contribution is 0.183. The van der Waals surface area contributed by atoms with Crippen LogP contribution in [0.2, 0.25) is 0 Å². The fraction of sp³-hybridized carbons (Fsp3) is 0.909. The second-order valence-electron chi connectivity index (χ2n) is 4.83. The lowest BCUT2D eigenvalue weighted by Crippen LogP contribution is -2.34. The maximum atomic E-state index is 8.55. The molecular formula is C11H23N3O2. The van der Waals surface area contributed by atoms with Crippen molar-refractivity contribution in [2.45, 2.75) is 38.6 Å². The third-order valence-electron chi connectivity index (χ3n) is 3.22. The van der Waals surface area contributed by atoms with Crippen LogP contribution in [0, 0.1) is 5.41 Å². The average molecular weight is 229 g/mol. The molecule has 0 heterocycles. The molecule has 0 aromatic rings. The minimum absolute atomic E-state index is 0.234. The molecule has 0 bridgehead atoms. The predicted molar refractivity (Wildman–Crippen MR) is 63.7 cm³/mol. The van der Waals surface area contributed by atoms with E-state index in [2.05, 4.69) is 17.4 Å². The Morgan fingerprint density at radius 3 is 2.81 bits per heavy atom. The number of ether oxygens (including phenoxy) is 1. The van der Waals surface area contributed by atoms with Crippen LogP contribution in [0.3, 0.4) is 0 Å². The zero-order chi connectivity index (χ0) is 12.0. The lowest BCUT2D eigenvalue weighted by atomic mass is 10.0. The van der Waals surface area contributed by atoms with Crippen LogP contribution in [-0.4, -0.2) is 37.3 Å². The molecule has 1 aliphatic rings. The molecule has 0 spiro atoms. The monoisotopic (exact) mass is 229 g/mol. The summed E-state index contributed by atoms with van der Waals surface area (Å²) < 4.78 is 5.03. The quantitative estimate of drug-likeness (QED) is 0.250.